The van der Waals surface area contributed by atoms with Gasteiger partial charge in [0.25, 0.3) is 5.69 Å². The number of ketones is 1. The molecule has 136 valence electrons. The number of carbonyl (C=O) groups excluding carboxylic acids is 1. The second kappa shape index (κ2) is 8.33. The average molecular weight is 381 g/mol. The highest BCUT2D eigenvalue weighted by molar-refractivity contribution is 7.77. The molecule has 0 aliphatic heterocycles. The zero-order chi connectivity index (χ0) is 19.2. The van der Waals surface area contributed by atoms with E-state index in [0.717, 1.165) is 0 Å². The molecule has 0 fully saturated rings. The van der Waals surface area contributed by atoms with Gasteiger partial charge in [0.15, 0.2) is 12.4 Å². The number of rotatable bonds is 7. The minimum absolute atomic E-state index is 0.0828. The molecule has 0 bridgehead atoms. The summed E-state index contributed by atoms with van der Waals surface area (Å²) in [5.74, 6) is 0.339. The number of Topliss-reactive ketones (excluding diaryl/α,β-unsaturated/α-hetero) is 1. The van der Waals surface area contributed by atoms with Crippen LogP contribution >= 0.6 is 0 Å². The van der Waals surface area contributed by atoms with E-state index in [9.17, 15) is 14.9 Å². The maximum Gasteiger partial charge on any atom is 0.269 e. The van der Waals surface area contributed by atoms with E-state index in [1.165, 1.54) is 24.3 Å². The molecule has 0 amide bonds. The van der Waals surface area contributed by atoms with E-state index in [1.54, 1.807) is 47.5 Å². The van der Waals surface area contributed by atoms with Gasteiger partial charge in [0, 0.05) is 29.8 Å². The van der Waals surface area contributed by atoms with E-state index in [-0.39, 0.29) is 23.1 Å². The molecule has 2 heterocycles. The van der Waals surface area contributed by atoms with Crippen molar-refractivity contribution in [3.63, 3.8) is 0 Å². The van der Waals surface area contributed by atoms with E-state index >= 15 is 0 Å². The highest BCUT2D eigenvalue weighted by Gasteiger charge is 2.28. The van der Waals surface area contributed by atoms with Crippen LogP contribution in [0.25, 0.3) is 0 Å². The Morgan fingerprint density at radius 1 is 1.15 bits per heavy atom. The first-order valence-electron chi connectivity index (χ1n) is 8.04. The van der Waals surface area contributed by atoms with Gasteiger partial charge in [-0.15, -0.1) is 0 Å². The summed E-state index contributed by atoms with van der Waals surface area (Å²) in [5, 5.41) is 11.0. The molecule has 1 aromatic carbocycles. The van der Waals surface area contributed by atoms with Crippen LogP contribution in [0.15, 0.2) is 82.7 Å². The molecule has 2 aromatic heterocycles. The number of hydrogen-bond donors (Lipinski definition) is 0. The van der Waals surface area contributed by atoms with Crippen molar-refractivity contribution < 1.29 is 18.7 Å². The zero-order valence-corrected chi connectivity index (χ0v) is 14.9. The number of aromatic nitrogens is 1. The van der Waals surface area contributed by atoms with Crippen LogP contribution in [0.3, 0.4) is 0 Å². The zero-order valence-electron chi connectivity index (χ0n) is 14.1. The number of carbonyl (C=O) groups is 1. The molecule has 3 rings (SSSR count). The third kappa shape index (κ3) is 4.42. The van der Waals surface area contributed by atoms with Gasteiger partial charge in [-0.25, -0.2) is 0 Å². The van der Waals surface area contributed by atoms with Crippen LogP contribution in [-0.2, 0) is 19.2 Å². The summed E-state index contributed by atoms with van der Waals surface area (Å²) in [6.45, 7) is 0.225. The molecular formula is C19H15N3O4S. The Morgan fingerprint density at radius 3 is 2.44 bits per heavy atom. The Hall–Kier alpha value is -3.39. The molecule has 27 heavy (non-hydrogen) atoms. The molecule has 0 saturated carbocycles. The molecule has 0 aliphatic carbocycles. The summed E-state index contributed by atoms with van der Waals surface area (Å²) in [5.41, 5.74) is 0.234. The number of furan rings is 1. The number of benzene rings is 1. The molecule has 0 saturated heterocycles. The fraction of sp³-hybridized carbons (Fsp3) is 0.105. The van der Waals surface area contributed by atoms with E-state index in [4.69, 9.17) is 17.0 Å². The van der Waals surface area contributed by atoms with E-state index in [2.05, 4.69) is 4.99 Å². The molecule has 3 aromatic rings. The molecule has 7 nitrogen and oxygen atoms in total. The van der Waals surface area contributed by atoms with Crippen LogP contribution in [0.5, 0.6) is 0 Å². The van der Waals surface area contributed by atoms with Gasteiger partial charge >= 0.3 is 0 Å². The number of nitro benzene ring substituents is 1. The van der Waals surface area contributed by atoms with Gasteiger partial charge in [0.1, 0.15) is 5.76 Å². The number of nitrogens with zero attached hydrogens (tertiary/aromatic N) is 3. The molecule has 0 radical (unpaired) electrons. The summed E-state index contributed by atoms with van der Waals surface area (Å²) in [4.78, 5) is 27.7. The van der Waals surface area contributed by atoms with Gasteiger partial charge in [-0.05, 0) is 29.3 Å². The van der Waals surface area contributed by atoms with Gasteiger partial charge in [0.2, 0.25) is 11.8 Å². The topological polar surface area (TPSA) is 89.6 Å². The van der Waals surface area contributed by atoms with Crippen LogP contribution in [-0.4, -0.2) is 15.8 Å². The lowest BCUT2D eigenvalue weighted by Gasteiger charge is -2.18. The monoisotopic (exact) mass is 381 g/mol. The minimum Gasteiger partial charge on any atom is -0.758 e. The van der Waals surface area contributed by atoms with Crippen molar-refractivity contribution in [2.75, 3.05) is 0 Å². The number of pyridine rings is 1. The minimum atomic E-state index is -0.836. The first-order chi connectivity index (χ1) is 13.1. The highest BCUT2D eigenvalue weighted by atomic mass is 32.1. The highest BCUT2D eigenvalue weighted by Crippen LogP contribution is 2.17. The number of non-ortho nitro benzene ring substituents is 1. The maximum atomic E-state index is 13.1. The summed E-state index contributed by atoms with van der Waals surface area (Å²) < 4.78 is 6.91. The second-order valence-corrected chi connectivity index (χ2v) is 6.05. The lowest BCUT2D eigenvalue weighted by atomic mass is 10.0. The van der Waals surface area contributed by atoms with Crippen LogP contribution in [0.2, 0.25) is 0 Å². The first kappa shape index (κ1) is 18.4. The van der Waals surface area contributed by atoms with Crippen LogP contribution in [0.4, 0.5) is 5.69 Å². The quantitative estimate of drug-likeness (QED) is 0.119. The van der Waals surface area contributed by atoms with Crippen LogP contribution in [0, 0.1) is 10.1 Å². The normalized spacial score (nSPS) is 12.5. The Morgan fingerprint density at radius 2 is 1.85 bits per heavy atom. The number of aliphatic imine (C=N–C) groups is 1. The SMILES string of the molecule is O=C(c1ccc([N+](=O)[O-])cc1)[C@@H](C([S-])=NCc1ccco1)[n+]1ccccc1. The molecular weight excluding hydrogens is 366 g/mol. The van der Waals surface area contributed by atoms with Gasteiger partial charge in [-0.3, -0.25) is 14.9 Å². The predicted octanol–water partition coefficient (Wildman–Crippen LogP) is 3.04. The fourth-order valence-corrected chi connectivity index (χ4v) is 2.80. The Bertz CT molecular complexity index is 954. The van der Waals surface area contributed by atoms with Crippen molar-refractivity contribution in [1.82, 2.24) is 0 Å². The van der Waals surface area contributed by atoms with Gasteiger partial charge < -0.3 is 22.0 Å². The molecule has 8 heteroatoms. The summed E-state index contributed by atoms with van der Waals surface area (Å²) in [7, 11) is 0. The molecule has 0 aliphatic rings. The van der Waals surface area contributed by atoms with E-state index in [1.807, 2.05) is 6.07 Å². The molecule has 1 atom stereocenters. The Kier molecular flexibility index (Phi) is 5.68. The van der Waals surface area contributed by atoms with E-state index < -0.39 is 11.0 Å². The van der Waals surface area contributed by atoms with Gasteiger partial charge in [0.05, 0.1) is 17.7 Å². The van der Waals surface area contributed by atoms with E-state index in [0.29, 0.717) is 11.3 Å². The first-order valence-corrected chi connectivity index (χ1v) is 8.45. The van der Waals surface area contributed by atoms with Crippen LogP contribution < -0.4 is 4.57 Å². The molecule has 0 spiro atoms. The number of hydrogen-bond acceptors (Lipinski definition) is 6. The van der Waals surface area contributed by atoms with Gasteiger partial charge in [-0.1, -0.05) is 6.07 Å². The third-order valence-corrected chi connectivity index (χ3v) is 4.20. The lowest BCUT2D eigenvalue weighted by molar-refractivity contribution is -0.691. The van der Waals surface area contributed by atoms with Crippen molar-refractivity contribution in [3.05, 3.63) is 94.7 Å². The number of nitro groups is 1. The molecule has 0 N–H and O–H groups in total. The van der Waals surface area contributed by atoms with Crippen molar-refractivity contribution >= 4 is 29.1 Å². The lowest BCUT2D eigenvalue weighted by Crippen LogP contribution is -2.47. The van der Waals surface area contributed by atoms with Crippen molar-refractivity contribution in [2.45, 2.75) is 12.6 Å². The van der Waals surface area contributed by atoms with Crippen molar-refractivity contribution in [2.24, 2.45) is 4.99 Å². The fourth-order valence-electron chi connectivity index (χ4n) is 2.51. The molecule has 0 unspecified atom stereocenters. The second-order valence-electron chi connectivity index (χ2n) is 5.63. The smallest absolute Gasteiger partial charge is 0.269 e. The summed E-state index contributed by atoms with van der Waals surface area (Å²) in [6, 6.07) is 13.5. The Balaban J connectivity index is 1.93. The predicted molar refractivity (Wildman–Crippen MR) is 100 cm³/mol. The van der Waals surface area contributed by atoms with Crippen LogP contribution in [0.1, 0.15) is 22.2 Å². The maximum absolute atomic E-state index is 13.1. The average Bonchev–Trinajstić information content (AvgIpc) is 3.21. The van der Waals surface area contributed by atoms with Crippen molar-refractivity contribution in [3.8, 4) is 0 Å². The third-order valence-electron chi connectivity index (χ3n) is 3.85. The Labute approximate surface area is 160 Å². The van der Waals surface area contributed by atoms with Gasteiger partial charge in [-0.2, -0.15) is 4.57 Å². The van der Waals surface area contributed by atoms with Crippen molar-refractivity contribution in [1.29, 1.82) is 0 Å². The summed E-state index contributed by atoms with van der Waals surface area (Å²) in [6.07, 6.45) is 4.99. The largest absolute Gasteiger partial charge is 0.758 e. The summed E-state index contributed by atoms with van der Waals surface area (Å²) >= 11 is 5.42. The standard InChI is InChI=1S/C19H15N3O4S/c23-18(14-6-8-15(9-7-14)22(24)25)17(21-10-2-1-3-11-21)19(27)20-13-16-5-4-12-26-16/h1-12,17H,13H2/t17-/m0/s1.